The SMILES string of the molecule is CCOC(=O)c1c(NC(=O)CSc2nnc(CNC(=O)c3cccc(OC)c3)n2C2CCCCC2)sc2c1CCC2. The number of thioether (sulfide) groups is 1. The molecular weight excluding hydrogens is 562 g/mol. The van der Waals surface area contributed by atoms with Gasteiger partial charge in [0.15, 0.2) is 11.0 Å². The highest BCUT2D eigenvalue weighted by Crippen LogP contribution is 2.40. The van der Waals surface area contributed by atoms with Gasteiger partial charge in [-0.3, -0.25) is 9.59 Å². The third-order valence-corrected chi connectivity index (χ3v) is 9.55. The van der Waals surface area contributed by atoms with Crippen LogP contribution in [0, 0.1) is 0 Å². The number of methoxy groups -OCH3 is 1. The molecule has 0 unspecified atom stereocenters. The lowest BCUT2D eigenvalue weighted by Crippen LogP contribution is -2.26. The number of nitrogens with zero attached hydrogens (tertiary/aromatic N) is 3. The summed E-state index contributed by atoms with van der Waals surface area (Å²) >= 11 is 2.79. The first-order valence-corrected chi connectivity index (χ1v) is 15.9. The van der Waals surface area contributed by atoms with Crippen LogP contribution in [0.3, 0.4) is 0 Å². The van der Waals surface area contributed by atoms with Crippen LogP contribution in [0.15, 0.2) is 29.4 Å². The average molecular weight is 598 g/mol. The number of anilines is 1. The van der Waals surface area contributed by atoms with E-state index in [9.17, 15) is 14.4 Å². The fourth-order valence-electron chi connectivity index (χ4n) is 5.46. The number of benzene rings is 1. The predicted molar refractivity (Wildman–Crippen MR) is 158 cm³/mol. The van der Waals surface area contributed by atoms with Crippen molar-refractivity contribution in [1.82, 2.24) is 20.1 Å². The Kier molecular flexibility index (Phi) is 9.60. The van der Waals surface area contributed by atoms with Crippen molar-refractivity contribution in [1.29, 1.82) is 0 Å². The number of nitrogens with one attached hydrogen (secondary N) is 2. The van der Waals surface area contributed by atoms with Crippen molar-refractivity contribution in [3.63, 3.8) is 0 Å². The summed E-state index contributed by atoms with van der Waals surface area (Å²) in [6.45, 7) is 2.28. The van der Waals surface area contributed by atoms with Crippen LogP contribution in [0.2, 0.25) is 0 Å². The van der Waals surface area contributed by atoms with Crippen molar-refractivity contribution in [2.24, 2.45) is 0 Å². The Hall–Kier alpha value is -3.38. The van der Waals surface area contributed by atoms with Crippen molar-refractivity contribution in [2.75, 3.05) is 24.8 Å². The molecule has 41 heavy (non-hydrogen) atoms. The van der Waals surface area contributed by atoms with E-state index in [4.69, 9.17) is 9.47 Å². The number of hydrogen-bond acceptors (Lipinski definition) is 9. The number of rotatable bonds is 11. The second-order valence-electron chi connectivity index (χ2n) is 10.1. The first-order valence-electron chi connectivity index (χ1n) is 14.1. The number of thiophene rings is 1. The summed E-state index contributed by atoms with van der Waals surface area (Å²) in [5.41, 5.74) is 2.01. The van der Waals surface area contributed by atoms with E-state index in [1.807, 2.05) is 0 Å². The molecule has 10 nitrogen and oxygen atoms in total. The van der Waals surface area contributed by atoms with Gasteiger partial charge in [0.1, 0.15) is 10.8 Å². The molecule has 0 atom stereocenters. The normalized spacial score (nSPS) is 14.9. The Labute approximate surface area is 247 Å². The molecule has 2 amide bonds. The maximum absolute atomic E-state index is 13.1. The fraction of sp³-hybridized carbons (Fsp3) is 0.483. The van der Waals surface area contributed by atoms with Crippen LogP contribution in [0.1, 0.15) is 88.5 Å². The number of fused-ring (bicyclic) bond motifs is 1. The molecule has 2 N–H and O–H groups in total. The number of ether oxygens (including phenoxy) is 2. The third-order valence-electron chi connectivity index (χ3n) is 7.40. The van der Waals surface area contributed by atoms with E-state index in [2.05, 4.69) is 25.4 Å². The van der Waals surface area contributed by atoms with Gasteiger partial charge in [-0.1, -0.05) is 37.1 Å². The fourth-order valence-corrected chi connectivity index (χ4v) is 7.58. The van der Waals surface area contributed by atoms with Crippen LogP contribution in [0.4, 0.5) is 5.00 Å². The van der Waals surface area contributed by atoms with Crippen molar-refractivity contribution in [3.8, 4) is 5.75 Å². The first kappa shape index (κ1) is 29.1. The van der Waals surface area contributed by atoms with Gasteiger partial charge in [0.2, 0.25) is 5.91 Å². The zero-order chi connectivity index (χ0) is 28.8. The molecule has 218 valence electrons. The van der Waals surface area contributed by atoms with Crippen molar-refractivity contribution < 1.29 is 23.9 Å². The van der Waals surface area contributed by atoms with E-state index >= 15 is 0 Å². The standard InChI is InChI=1S/C29H35N5O5S2/c1-3-39-28(37)25-21-13-8-14-22(21)41-27(25)31-24(35)17-40-29-33-32-23(34(29)19-10-5-4-6-11-19)16-30-26(36)18-9-7-12-20(15-18)38-2/h7,9,12,15,19H,3-6,8,10-11,13-14,16-17H2,1-2H3,(H,30,36)(H,31,35). The van der Waals surface area contributed by atoms with Gasteiger partial charge in [-0.05, 0) is 62.8 Å². The second kappa shape index (κ2) is 13.5. The number of aromatic nitrogens is 3. The van der Waals surface area contributed by atoms with E-state index < -0.39 is 0 Å². The molecule has 1 saturated carbocycles. The monoisotopic (exact) mass is 597 g/mol. The molecule has 1 aromatic carbocycles. The third kappa shape index (κ3) is 6.75. The number of carbonyl (C=O) groups excluding carboxylic acids is 3. The van der Waals surface area contributed by atoms with Crippen LogP contribution < -0.4 is 15.4 Å². The molecule has 0 saturated heterocycles. The zero-order valence-electron chi connectivity index (χ0n) is 23.4. The van der Waals surface area contributed by atoms with Crippen molar-refractivity contribution in [2.45, 2.75) is 76.0 Å². The lowest BCUT2D eigenvalue weighted by molar-refractivity contribution is -0.113. The lowest BCUT2D eigenvalue weighted by atomic mass is 9.95. The molecule has 2 aliphatic rings. The smallest absolute Gasteiger partial charge is 0.341 e. The number of esters is 1. The van der Waals surface area contributed by atoms with Crippen LogP contribution >= 0.6 is 23.1 Å². The van der Waals surface area contributed by atoms with Gasteiger partial charge in [-0.2, -0.15) is 0 Å². The summed E-state index contributed by atoms with van der Waals surface area (Å²) in [6, 6.07) is 7.20. The number of carbonyl (C=O) groups is 3. The average Bonchev–Trinajstić information content (AvgIpc) is 3.70. The molecule has 5 rings (SSSR count). The Bertz CT molecular complexity index is 1410. The highest BCUT2D eigenvalue weighted by molar-refractivity contribution is 7.99. The molecule has 2 heterocycles. The van der Waals surface area contributed by atoms with Crippen LogP contribution in [0.25, 0.3) is 0 Å². The number of aryl methyl sites for hydroxylation is 1. The minimum atomic E-state index is -0.382. The molecular formula is C29H35N5O5S2. The topological polar surface area (TPSA) is 124 Å². The lowest BCUT2D eigenvalue weighted by Gasteiger charge is -2.25. The van der Waals surface area contributed by atoms with Crippen LogP contribution in [-0.2, 0) is 28.9 Å². The molecule has 0 spiro atoms. The minimum absolute atomic E-state index is 0.117. The van der Waals surface area contributed by atoms with Crippen LogP contribution in [-0.4, -0.2) is 52.0 Å². The number of hydrogen-bond donors (Lipinski definition) is 2. The summed E-state index contributed by atoms with van der Waals surface area (Å²) in [6.07, 6.45) is 8.17. The summed E-state index contributed by atoms with van der Waals surface area (Å²) in [5.74, 6) is 0.568. The maximum atomic E-state index is 13.1. The van der Waals surface area contributed by atoms with Gasteiger partial charge in [0, 0.05) is 16.5 Å². The number of amides is 2. The largest absolute Gasteiger partial charge is 0.497 e. The van der Waals surface area contributed by atoms with Crippen molar-refractivity contribution in [3.05, 3.63) is 51.7 Å². The van der Waals surface area contributed by atoms with Gasteiger partial charge in [-0.15, -0.1) is 21.5 Å². The molecule has 3 aromatic rings. The highest BCUT2D eigenvalue weighted by Gasteiger charge is 2.29. The van der Waals surface area contributed by atoms with Gasteiger partial charge in [0.25, 0.3) is 5.91 Å². The molecule has 0 aliphatic heterocycles. The molecule has 0 radical (unpaired) electrons. The van der Waals surface area contributed by atoms with E-state index in [-0.39, 0.29) is 42.7 Å². The maximum Gasteiger partial charge on any atom is 0.341 e. The van der Waals surface area contributed by atoms with E-state index in [0.29, 0.717) is 32.9 Å². The predicted octanol–water partition coefficient (Wildman–Crippen LogP) is 5.18. The van der Waals surface area contributed by atoms with Gasteiger partial charge >= 0.3 is 5.97 Å². The molecule has 12 heteroatoms. The van der Waals surface area contributed by atoms with E-state index in [1.165, 1.54) is 29.5 Å². The van der Waals surface area contributed by atoms with E-state index in [1.54, 1.807) is 38.3 Å². The summed E-state index contributed by atoms with van der Waals surface area (Å²) < 4.78 is 12.6. The van der Waals surface area contributed by atoms with Crippen molar-refractivity contribution >= 4 is 45.9 Å². The molecule has 2 aliphatic carbocycles. The Morgan fingerprint density at radius 3 is 2.73 bits per heavy atom. The Balaban J connectivity index is 1.27. The zero-order valence-corrected chi connectivity index (χ0v) is 25.0. The Morgan fingerprint density at radius 1 is 1.12 bits per heavy atom. The minimum Gasteiger partial charge on any atom is -0.497 e. The van der Waals surface area contributed by atoms with E-state index in [0.717, 1.165) is 55.4 Å². The summed E-state index contributed by atoms with van der Waals surface area (Å²) in [7, 11) is 1.56. The second-order valence-corrected chi connectivity index (χ2v) is 12.1. The van der Waals surface area contributed by atoms with Gasteiger partial charge in [-0.25, -0.2) is 4.79 Å². The Morgan fingerprint density at radius 2 is 1.95 bits per heavy atom. The first-order chi connectivity index (χ1) is 20.0. The summed E-state index contributed by atoms with van der Waals surface area (Å²) in [4.78, 5) is 39.7. The van der Waals surface area contributed by atoms with Crippen LogP contribution in [0.5, 0.6) is 5.75 Å². The van der Waals surface area contributed by atoms with Gasteiger partial charge in [0.05, 0.1) is 31.6 Å². The quantitative estimate of drug-likeness (QED) is 0.229. The summed E-state index contributed by atoms with van der Waals surface area (Å²) in [5, 5.41) is 15.9. The molecule has 0 bridgehead atoms. The highest BCUT2D eigenvalue weighted by atomic mass is 32.2. The van der Waals surface area contributed by atoms with Gasteiger partial charge < -0.3 is 24.7 Å². The molecule has 1 fully saturated rings. The molecule has 2 aromatic heterocycles.